The topological polar surface area (TPSA) is 91.7 Å². The molecule has 0 amide bonds. The van der Waals surface area contributed by atoms with Gasteiger partial charge in [0.25, 0.3) is 0 Å². The molecule has 0 heterocycles. The van der Waals surface area contributed by atoms with Gasteiger partial charge >= 0.3 is 0 Å². The van der Waals surface area contributed by atoms with E-state index in [1.807, 2.05) is 6.92 Å². The number of allylic oxidation sites excluding steroid dienone is 4. The number of aliphatic hydroxyl groups excluding tert-OH is 1. The maximum Gasteiger partial charge on any atom is 0.190 e. The molecule has 152 valence electrons. The first-order chi connectivity index (χ1) is 13.0. The molecule has 4 rings (SSSR count). The maximum absolute atomic E-state index is 15.2. The Morgan fingerprint density at radius 2 is 1.96 bits per heavy atom. The molecule has 0 aliphatic heterocycles. The van der Waals surface area contributed by atoms with E-state index in [4.69, 9.17) is 0 Å². The number of fused-ring (bicyclic) bond motifs is 5. The second-order valence-corrected chi connectivity index (χ2v) is 9.61. The number of alkyl halides is 1. The minimum atomic E-state index is -1.80. The lowest BCUT2D eigenvalue weighted by Gasteiger charge is -2.57. The SMILES string of the molecule is CC1C[C@H]2[C@@H]3CC(F)C4=CC(=O)C=C[C@]4(C)[C@H]3C(=O)C[C@]2(C)[C@@]1(O)C(=O)CO. The number of rotatable bonds is 2. The van der Waals surface area contributed by atoms with Crippen molar-refractivity contribution in [2.45, 2.75) is 51.8 Å². The summed E-state index contributed by atoms with van der Waals surface area (Å²) < 4.78 is 15.2. The van der Waals surface area contributed by atoms with Crippen molar-refractivity contribution in [3.8, 4) is 0 Å². The van der Waals surface area contributed by atoms with E-state index >= 15 is 4.39 Å². The number of Topliss-reactive ketones (excluding diaryl/α,β-unsaturated/α-hetero) is 2. The molecule has 3 saturated carbocycles. The van der Waals surface area contributed by atoms with Crippen LogP contribution in [0.3, 0.4) is 0 Å². The van der Waals surface area contributed by atoms with Crippen LogP contribution in [0.2, 0.25) is 0 Å². The highest BCUT2D eigenvalue weighted by Crippen LogP contribution is 2.67. The minimum absolute atomic E-state index is 0.00697. The van der Waals surface area contributed by atoms with Crippen LogP contribution in [0.25, 0.3) is 0 Å². The number of hydrogen-bond donors (Lipinski definition) is 2. The number of aliphatic hydroxyl groups is 2. The molecular weight excluding hydrogens is 363 g/mol. The lowest BCUT2D eigenvalue weighted by Crippen LogP contribution is -2.62. The smallest absolute Gasteiger partial charge is 0.190 e. The van der Waals surface area contributed by atoms with Crippen molar-refractivity contribution in [2.24, 2.45) is 34.5 Å². The van der Waals surface area contributed by atoms with Gasteiger partial charge in [0, 0.05) is 23.2 Å². The molecule has 0 aromatic heterocycles. The van der Waals surface area contributed by atoms with E-state index in [1.54, 1.807) is 19.9 Å². The molecule has 4 aliphatic carbocycles. The standard InChI is InChI=1S/C22H27FO5/c1-11-6-14-13-8-16(23)15-7-12(25)4-5-20(15,2)19(13)17(26)9-21(14,3)22(11,28)18(27)10-24/h4-5,7,11,13-14,16,19,24,28H,6,8-10H2,1-3H3/t11?,13-,14-,16?,19+,20-,21-,22-/m0/s1. The zero-order valence-electron chi connectivity index (χ0n) is 16.4. The zero-order valence-corrected chi connectivity index (χ0v) is 16.4. The van der Waals surface area contributed by atoms with Gasteiger partial charge in [0.2, 0.25) is 0 Å². The monoisotopic (exact) mass is 390 g/mol. The molecule has 0 spiro atoms. The quantitative estimate of drug-likeness (QED) is 0.752. The molecule has 0 aromatic carbocycles. The van der Waals surface area contributed by atoms with E-state index < -0.39 is 46.8 Å². The summed E-state index contributed by atoms with van der Waals surface area (Å²) in [6.07, 6.45) is 3.67. The van der Waals surface area contributed by atoms with Crippen LogP contribution < -0.4 is 0 Å². The van der Waals surface area contributed by atoms with E-state index in [1.165, 1.54) is 12.2 Å². The fourth-order valence-electron chi connectivity index (χ4n) is 7.09. The van der Waals surface area contributed by atoms with E-state index in [0.29, 0.717) is 12.0 Å². The fourth-order valence-corrected chi connectivity index (χ4v) is 7.09. The molecule has 0 aromatic rings. The predicted molar refractivity (Wildman–Crippen MR) is 98.9 cm³/mol. The van der Waals surface area contributed by atoms with Gasteiger partial charge in [-0.2, -0.15) is 0 Å². The summed E-state index contributed by atoms with van der Waals surface area (Å²) in [5, 5.41) is 20.8. The van der Waals surface area contributed by atoms with Crippen molar-refractivity contribution in [1.29, 1.82) is 0 Å². The van der Waals surface area contributed by atoms with Gasteiger partial charge in [-0.3, -0.25) is 14.4 Å². The summed E-state index contributed by atoms with van der Waals surface area (Å²) in [7, 11) is 0. The molecule has 3 fully saturated rings. The van der Waals surface area contributed by atoms with Gasteiger partial charge < -0.3 is 10.2 Å². The van der Waals surface area contributed by atoms with Crippen LogP contribution in [-0.2, 0) is 14.4 Å². The van der Waals surface area contributed by atoms with Gasteiger partial charge in [-0.15, -0.1) is 0 Å². The lowest BCUT2D eigenvalue weighted by molar-refractivity contribution is -0.174. The fraction of sp³-hybridized carbons (Fsp3) is 0.682. The molecule has 6 heteroatoms. The van der Waals surface area contributed by atoms with Crippen molar-refractivity contribution in [1.82, 2.24) is 0 Å². The summed E-state index contributed by atoms with van der Waals surface area (Å²) in [6.45, 7) is 4.53. The molecule has 2 N–H and O–H groups in total. The summed E-state index contributed by atoms with van der Waals surface area (Å²) in [4.78, 5) is 37.7. The van der Waals surface area contributed by atoms with Crippen LogP contribution in [0.1, 0.15) is 40.0 Å². The van der Waals surface area contributed by atoms with Crippen molar-refractivity contribution >= 4 is 17.3 Å². The average molecular weight is 390 g/mol. The summed E-state index contributed by atoms with van der Waals surface area (Å²) in [5.74, 6) is -2.50. The van der Waals surface area contributed by atoms with E-state index in [-0.39, 0.29) is 36.2 Å². The van der Waals surface area contributed by atoms with Gasteiger partial charge in [-0.1, -0.05) is 26.8 Å². The molecule has 4 aliphatic rings. The van der Waals surface area contributed by atoms with Crippen LogP contribution >= 0.6 is 0 Å². The molecule has 5 nitrogen and oxygen atoms in total. The van der Waals surface area contributed by atoms with Gasteiger partial charge in [-0.05, 0) is 48.3 Å². The molecule has 0 bridgehead atoms. The highest BCUT2D eigenvalue weighted by molar-refractivity contribution is 6.02. The van der Waals surface area contributed by atoms with Crippen LogP contribution in [0, 0.1) is 34.5 Å². The van der Waals surface area contributed by atoms with Crippen LogP contribution in [0.15, 0.2) is 23.8 Å². The maximum atomic E-state index is 15.2. The normalized spacial score (nSPS) is 49.9. The number of hydrogen-bond acceptors (Lipinski definition) is 5. The third kappa shape index (κ3) is 2.16. The van der Waals surface area contributed by atoms with Crippen molar-refractivity contribution in [2.75, 3.05) is 6.61 Å². The van der Waals surface area contributed by atoms with Crippen LogP contribution in [0.5, 0.6) is 0 Å². The first-order valence-electron chi connectivity index (χ1n) is 9.99. The second kappa shape index (κ2) is 5.92. The molecule has 2 unspecified atom stereocenters. The Labute approximate surface area is 163 Å². The average Bonchev–Trinajstić information content (AvgIpc) is 2.83. The van der Waals surface area contributed by atoms with Gasteiger partial charge in [0.15, 0.2) is 11.6 Å². The number of carbonyl (C=O) groups is 3. The molecule has 0 saturated heterocycles. The Balaban J connectivity index is 1.82. The Morgan fingerprint density at radius 3 is 2.61 bits per heavy atom. The minimum Gasteiger partial charge on any atom is -0.388 e. The van der Waals surface area contributed by atoms with E-state index in [2.05, 4.69) is 0 Å². The van der Waals surface area contributed by atoms with Crippen molar-refractivity contribution in [3.63, 3.8) is 0 Å². The molecular formula is C22H27FO5. The largest absolute Gasteiger partial charge is 0.388 e. The highest BCUT2D eigenvalue weighted by Gasteiger charge is 2.71. The number of carbonyl (C=O) groups excluding carboxylic acids is 3. The number of ketones is 3. The van der Waals surface area contributed by atoms with Crippen molar-refractivity contribution < 1.29 is 29.0 Å². The Bertz CT molecular complexity index is 831. The third-order valence-electron chi connectivity index (χ3n) is 8.39. The van der Waals surface area contributed by atoms with Crippen LogP contribution in [0.4, 0.5) is 4.39 Å². The van der Waals surface area contributed by atoms with Crippen molar-refractivity contribution in [3.05, 3.63) is 23.8 Å². The second-order valence-electron chi connectivity index (χ2n) is 9.61. The van der Waals surface area contributed by atoms with Crippen LogP contribution in [-0.4, -0.2) is 45.9 Å². The van der Waals surface area contributed by atoms with E-state index in [9.17, 15) is 24.6 Å². The highest BCUT2D eigenvalue weighted by atomic mass is 19.1. The first kappa shape index (κ1) is 19.6. The zero-order chi connectivity index (χ0) is 20.6. The number of halogens is 1. The summed E-state index contributed by atoms with van der Waals surface area (Å²) in [5.41, 5.74) is -3.32. The Kier molecular flexibility index (Phi) is 4.16. The Hall–Kier alpha value is -1.66. The Morgan fingerprint density at radius 1 is 1.29 bits per heavy atom. The van der Waals surface area contributed by atoms with Gasteiger partial charge in [0.1, 0.15) is 24.2 Å². The summed E-state index contributed by atoms with van der Waals surface area (Å²) >= 11 is 0. The lowest BCUT2D eigenvalue weighted by atomic mass is 9.46. The van der Waals surface area contributed by atoms with E-state index in [0.717, 1.165) is 0 Å². The van der Waals surface area contributed by atoms with Gasteiger partial charge in [0.05, 0.1) is 0 Å². The third-order valence-corrected chi connectivity index (χ3v) is 8.39. The van der Waals surface area contributed by atoms with Gasteiger partial charge in [-0.25, -0.2) is 4.39 Å². The molecule has 8 atom stereocenters. The predicted octanol–water partition coefficient (Wildman–Crippen LogP) is 1.96. The molecule has 28 heavy (non-hydrogen) atoms. The first-order valence-corrected chi connectivity index (χ1v) is 9.99. The summed E-state index contributed by atoms with van der Waals surface area (Å²) in [6, 6.07) is 0. The molecule has 0 radical (unpaired) electrons.